The maximum absolute atomic E-state index is 10.7. The molecule has 0 amide bonds. The van der Waals surface area contributed by atoms with Crippen molar-refractivity contribution < 1.29 is 4.79 Å². The Morgan fingerprint density at radius 2 is 2.06 bits per heavy atom. The van der Waals surface area contributed by atoms with Crippen molar-refractivity contribution in [1.82, 2.24) is 9.78 Å². The minimum atomic E-state index is 0. The molecule has 6 heteroatoms. The summed E-state index contributed by atoms with van der Waals surface area (Å²) in [7, 11) is 0. The topological polar surface area (TPSA) is 60.9 Å². The quantitative estimate of drug-likeness (QED) is 0.877. The molecule has 0 aliphatic rings. The molecule has 0 aliphatic heterocycles. The zero-order valence-electron chi connectivity index (χ0n) is 9.65. The van der Waals surface area contributed by atoms with Gasteiger partial charge in [0.1, 0.15) is 6.29 Å². The summed E-state index contributed by atoms with van der Waals surface area (Å²) < 4.78 is 1.79. The number of aromatic nitrogens is 2. The Morgan fingerprint density at radius 3 is 2.72 bits per heavy atom. The average Bonchev–Trinajstić information content (AvgIpc) is 2.78. The molecule has 0 spiro atoms. The third-order valence-corrected chi connectivity index (χ3v) is 2.35. The number of rotatable bonds is 4. The zero-order chi connectivity index (χ0) is 11.4. The van der Waals surface area contributed by atoms with Crippen LogP contribution >= 0.6 is 24.8 Å². The second kappa shape index (κ2) is 7.87. The van der Waals surface area contributed by atoms with Crippen molar-refractivity contribution in [1.29, 1.82) is 0 Å². The van der Waals surface area contributed by atoms with Crippen LogP contribution in [-0.4, -0.2) is 22.6 Å². The molecule has 2 rings (SSSR count). The summed E-state index contributed by atoms with van der Waals surface area (Å²) in [6.07, 6.45) is 4.55. The van der Waals surface area contributed by atoms with E-state index in [1.807, 2.05) is 24.4 Å². The maximum atomic E-state index is 10.7. The Balaban J connectivity index is 0.00000144. The van der Waals surface area contributed by atoms with E-state index in [9.17, 15) is 4.79 Å². The molecule has 1 aromatic carbocycles. The fraction of sp³-hybridized carbons (Fsp3) is 0.167. The summed E-state index contributed by atoms with van der Waals surface area (Å²) in [5, 5.41) is 4.19. The Bertz CT molecular complexity index is 500. The van der Waals surface area contributed by atoms with E-state index in [1.54, 1.807) is 16.9 Å². The Hall–Kier alpha value is -1.36. The van der Waals surface area contributed by atoms with Crippen molar-refractivity contribution in [3.8, 4) is 11.1 Å². The van der Waals surface area contributed by atoms with Crippen LogP contribution in [0.4, 0.5) is 0 Å². The lowest BCUT2D eigenvalue weighted by Gasteiger charge is -1.98. The van der Waals surface area contributed by atoms with Crippen LogP contribution in [0.1, 0.15) is 10.4 Å². The van der Waals surface area contributed by atoms with Gasteiger partial charge in [0.15, 0.2) is 0 Å². The highest BCUT2D eigenvalue weighted by molar-refractivity contribution is 5.85. The second-order valence-corrected chi connectivity index (χ2v) is 3.52. The van der Waals surface area contributed by atoms with E-state index in [-0.39, 0.29) is 24.8 Å². The molecule has 0 unspecified atom stereocenters. The van der Waals surface area contributed by atoms with Gasteiger partial charge in [-0.1, -0.05) is 18.2 Å². The van der Waals surface area contributed by atoms with Gasteiger partial charge < -0.3 is 5.73 Å². The molecule has 0 radical (unpaired) electrons. The van der Waals surface area contributed by atoms with Gasteiger partial charge in [0.05, 0.1) is 12.7 Å². The van der Waals surface area contributed by atoms with Crippen LogP contribution < -0.4 is 5.73 Å². The number of carbonyl (C=O) groups is 1. The monoisotopic (exact) mass is 287 g/mol. The highest BCUT2D eigenvalue weighted by Gasteiger charge is 2.02. The minimum absolute atomic E-state index is 0. The average molecular weight is 288 g/mol. The van der Waals surface area contributed by atoms with Crippen LogP contribution in [0.5, 0.6) is 0 Å². The third-order valence-electron chi connectivity index (χ3n) is 2.35. The summed E-state index contributed by atoms with van der Waals surface area (Å²) in [6.45, 7) is 1.27. The largest absolute Gasteiger partial charge is 0.329 e. The summed E-state index contributed by atoms with van der Waals surface area (Å²) in [5.74, 6) is 0. The minimum Gasteiger partial charge on any atom is -0.329 e. The van der Waals surface area contributed by atoms with E-state index in [0.717, 1.165) is 17.4 Å². The molecule has 1 heterocycles. The molecule has 0 atom stereocenters. The molecule has 98 valence electrons. The molecule has 1 aromatic heterocycles. The lowest BCUT2D eigenvalue weighted by atomic mass is 10.1. The van der Waals surface area contributed by atoms with E-state index < -0.39 is 0 Å². The summed E-state index contributed by atoms with van der Waals surface area (Å²) in [4.78, 5) is 10.7. The predicted octanol–water partition coefficient (Wildman–Crippen LogP) is 2.16. The number of nitrogens with two attached hydrogens (primary N) is 1. The Morgan fingerprint density at radius 1 is 1.28 bits per heavy atom. The number of hydrogen-bond donors (Lipinski definition) is 1. The predicted molar refractivity (Wildman–Crippen MR) is 76.6 cm³/mol. The Kier molecular flexibility index (Phi) is 7.27. The lowest BCUT2D eigenvalue weighted by molar-refractivity contribution is 0.112. The van der Waals surface area contributed by atoms with Crippen molar-refractivity contribution in [3.63, 3.8) is 0 Å². The van der Waals surface area contributed by atoms with Crippen LogP contribution in [0.15, 0.2) is 36.7 Å². The first kappa shape index (κ1) is 16.6. The molecule has 2 N–H and O–H groups in total. The van der Waals surface area contributed by atoms with Gasteiger partial charge in [0.2, 0.25) is 0 Å². The number of halogens is 2. The van der Waals surface area contributed by atoms with Gasteiger partial charge in [-0.2, -0.15) is 5.10 Å². The van der Waals surface area contributed by atoms with Crippen LogP contribution in [0, 0.1) is 0 Å². The maximum Gasteiger partial charge on any atom is 0.150 e. The summed E-state index contributed by atoms with van der Waals surface area (Å²) >= 11 is 0. The molecule has 0 bridgehead atoms. The molecule has 4 nitrogen and oxygen atoms in total. The highest BCUT2D eigenvalue weighted by Crippen LogP contribution is 2.18. The van der Waals surface area contributed by atoms with Gasteiger partial charge in [-0.25, -0.2) is 0 Å². The molecule has 0 aliphatic carbocycles. The molecule has 18 heavy (non-hydrogen) atoms. The van der Waals surface area contributed by atoms with E-state index in [4.69, 9.17) is 5.73 Å². The SMILES string of the molecule is Cl.Cl.NCCn1cc(-c2cccc(C=O)c2)cn1. The second-order valence-electron chi connectivity index (χ2n) is 3.52. The van der Waals surface area contributed by atoms with Gasteiger partial charge in [-0.05, 0) is 11.6 Å². The highest BCUT2D eigenvalue weighted by atomic mass is 35.5. The van der Waals surface area contributed by atoms with Gasteiger partial charge in [-0.15, -0.1) is 24.8 Å². The number of hydrogen-bond acceptors (Lipinski definition) is 3. The van der Waals surface area contributed by atoms with Gasteiger partial charge in [0, 0.05) is 23.9 Å². The van der Waals surface area contributed by atoms with Crippen LogP contribution in [0.3, 0.4) is 0 Å². The Labute approximate surface area is 118 Å². The number of benzene rings is 1. The molecule has 2 aromatic rings. The van der Waals surface area contributed by atoms with E-state index >= 15 is 0 Å². The fourth-order valence-electron chi connectivity index (χ4n) is 1.56. The fourth-order valence-corrected chi connectivity index (χ4v) is 1.56. The molecular formula is C12H15Cl2N3O. The first-order valence-electron chi connectivity index (χ1n) is 5.11. The van der Waals surface area contributed by atoms with E-state index in [0.29, 0.717) is 18.7 Å². The molecule has 0 saturated heterocycles. The van der Waals surface area contributed by atoms with Crippen LogP contribution in [0.25, 0.3) is 11.1 Å². The van der Waals surface area contributed by atoms with E-state index in [2.05, 4.69) is 5.10 Å². The number of carbonyl (C=O) groups excluding carboxylic acids is 1. The smallest absolute Gasteiger partial charge is 0.150 e. The van der Waals surface area contributed by atoms with Crippen molar-refractivity contribution in [2.75, 3.05) is 6.54 Å². The van der Waals surface area contributed by atoms with Crippen molar-refractivity contribution in [2.24, 2.45) is 5.73 Å². The number of nitrogens with zero attached hydrogens (tertiary/aromatic N) is 2. The normalized spacial score (nSPS) is 9.17. The van der Waals surface area contributed by atoms with Crippen molar-refractivity contribution >= 4 is 31.1 Å². The first-order valence-corrected chi connectivity index (χ1v) is 5.11. The number of aldehydes is 1. The lowest BCUT2D eigenvalue weighted by Crippen LogP contribution is -2.09. The third kappa shape index (κ3) is 3.84. The van der Waals surface area contributed by atoms with Crippen molar-refractivity contribution in [3.05, 3.63) is 42.2 Å². The van der Waals surface area contributed by atoms with E-state index in [1.165, 1.54) is 0 Å². The standard InChI is InChI=1S/C12H13N3O.2ClH/c13-4-5-15-8-12(7-14-15)11-3-1-2-10(6-11)9-16;;/h1-3,6-9H,4-5,13H2;2*1H. The molecular weight excluding hydrogens is 273 g/mol. The first-order chi connectivity index (χ1) is 7.83. The summed E-state index contributed by atoms with van der Waals surface area (Å²) in [5.41, 5.74) is 8.11. The van der Waals surface area contributed by atoms with Gasteiger partial charge in [0.25, 0.3) is 0 Å². The van der Waals surface area contributed by atoms with Crippen LogP contribution in [0.2, 0.25) is 0 Å². The van der Waals surface area contributed by atoms with Gasteiger partial charge in [-0.3, -0.25) is 9.48 Å². The molecule has 0 saturated carbocycles. The summed E-state index contributed by atoms with van der Waals surface area (Å²) in [6, 6.07) is 7.44. The van der Waals surface area contributed by atoms with Gasteiger partial charge >= 0.3 is 0 Å². The zero-order valence-corrected chi connectivity index (χ0v) is 11.3. The van der Waals surface area contributed by atoms with Crippen LogP contribution in [-0.2, 0) is 6.54 Å². The molecule has 0 fully saturated rings. The van der Waals surface area contributed by atoms with Crippen molar-refractivity contribution in [2.45, 2.75) is 6.54 Å².